The molecule has 1 aromatic rings. The zero-order valence-electron chi connectivity index (χ0n) is 11.6. The molecule has 2 heterocycles. The highest BCUT2D eigenvalue weighted by atomic mass is 15.0. The number of nitrogens with zero attached hydrogens (tertiary/aromatic N) is 3. The highest BCUT2D eigenvalue weighted by Crippen LogP contribution is 2.32. The average molecular weight is 231 g/mol. The molecule has 17 heavy (non-hydrogen) atoms. The van der Waals surface area contributed by atoms with E-state index in [1.807, 2.05) is 6.20 Å². The summed E-state index contributed by atoms with van der Waals surface area (Å²) in [4.78, 5) is 13.7. The monoisotopic (exact) mass is 231 g/mol. The first-order chi connectivity index (χ1) is 7.68. The number of aromatic nitrogens is 2. The van der Waals surface area contributed by atoms with E-state index in [4.69, 9.17) is 0 Å². The Kier molecular flexibility index (Phi) is 2.60. The number of hydrogen-bond acceptors (Lipinski definition) is 3. The van der Waals surface area contributed by atoms with E-state index in [9.17, 15) is 0 Å². The summed E-state index contributed by atoms with van der Waals surface area (Å²) in [5, 5.41) is 0. The van der Waals surface area contributed by atoms with Gasteiger partial charge in [-0.25, -0.2) is 15.0 Å². The lowest BCUT2D eigenvalue weighted by Gasteiger charge is -2.17. The molecular weight excluding hydrogens is 210 g/mol. The first-order valence-corrected chi connectivity index (χ1v) is 6.12. The van der Waals surface area contributed by atoms with E-state index in [1.54, 1.807) is 0 Å². The zero-order chi connectivity index (χ0) is 12.8. The summed E-state index contributed by atoms with van der Waals surface area (Å²) in [5.41, 5.74) is 2.45. The smallest absolute Gasteiger partial charge is 0.159 e. The summed E-state index contributed by atoms with van der Waals surface area (Å²) in [7, 11) is 0. The Hall–Kier alpha value is -1.25. The fourth-order valence-electron chi connectivity index (χ4n) is 1.76. The third kappa shape index (κ3) is 2.38. The van der Waals surface area contributed by atoms with Crippen LogP contribution in [0.1, 0.15) is 52.9 Å². The van der Waals surface area contributed by atoms with Crippen LogP contribution in [0.25, 0.3) is 0 Å². The Morgan fingerprint density at radius 2 is 1.65 bits per heavy atom. The van der Waals surface area contributed by atoms with Crippen LogP contribution in [-0.2, 0) is 11.8 Å². The van der Waals surface area contributed by atoms with Crippen molar-refractivity contribution in [2.24, 2.45) is 10.4 Å². The molecule has 92 valence electrons. The summed E-state index contributed by atoms with van der Waals surface area (Å²) >= 11 is 0. The maximum Gasteiger partial charge on any atom is 0.159 e. The molecule has 0 aromatic carbocycles. The predicted molar refractivity (Wildman–Crippen MR) is 71.0 cm³/mol. The number of aliphatic imine (C=N–C) groups is 1. The molecule has 0 saturated heterocycles. The number of rotatable bonds is 0. The SMILES string of the molecule is CC(C)(C)C1=Nc2nc(C(C)(C)C)ncc2C1. The van der Waals surface area contributed by atoms with Gasteiger partial charge in [0, 0.05) is 34.7 Å². The van der Waals surface area contributed by atoms with Gasteiger partial charge in [0.15, 0.2) is 5.82 Å². The largest absolute Gasteiger partial charge is 0.240 e. The fourth-order valence-corrected chi connectivity index (χ4v) is 1.76. The molecule has 0 radical (unpaired) electrons. The molecular formula is C14H21N3. The Bertz CT molecular complexity index is 473. The van der Waals surface area contributed by atoms with Gasteiger partial charge >= 0.3 is 0 Å². The lowest BCUT2D eigenvalue weighted by atomic mass is 9.88. The van der Waals surface area contributed by atoms with Crippen molar-refractivity contribution in [1.82, 2.24) is 9.97 Å². The summed E-state index contributed by atoms with van der Waals surface area (Å²) < 4.78 is 0. The highest BCUT2D eigenvalue weighted by molar-refractivity contribution is 5.96. The molecule has 0 saturated carbocycles. The molecule has 0 fully saturated rings. The van der Waals surface area contributed by atoms with Crippen molar-refractivity contribution < 1.29 is 0 Å². The minimum Gasteiger partial charge on any atom is -0.240 e. The molecule has 0 atom stereocenters. The second kappa shape index (κ2) is 3.62. The van der Waals surface area contributed by atoms with Crippen molar-refractivity contribution in [2.75, 3.05) is 0 Å². The van der Waals surface area contributed by atoms with E-state index in [-0.39, 0.29) is 10.8 Å². The average Bonchev–Trinajstić information content (AvgIpc) is 2.57. The first kappa shape index (κ1) is 12.2. The predicted octanol–water partition coefficient (Wildman–Crippen LogP) is 3.45. The van der Waals surface area contributed by atoms with Crippen molar-refractivity contribution >= 4 is 11.5 Å². The van der Waals surface area contributed by atoms with Crippen molar-refractivity contribution in [1.29, 1.82) is 0 Å². The molecule has 0 spiro atoms. The summed E-state index contributed by atoms with van der Waals surface area (Å²) in [5.74, 6) is 1.74. The van der Waals surface area contributed by atoms with E-state index < -0.39 is 0 Å². The van der Waals surface area contributed by atoms with Crippen LogP contribution in [0.2, 0.25) is 0 Å². The van der Waals surface area contributed by atoms with Crippen LogP contribution in [0.15, 0.2) is 11.2 Å². The second-order valence-electron chi connectivity index (χ2n) is 6.78. The van der Waals surface area contributed by atoms with E-state index in [0.717, 1.165) is 23.6 Å². The maximum atomic E-state index is 4.66. The molecule has 1 aromatic heterocycles. The number of hydrogen-bond donors (Lipinski definition) is 0. The third-order valence-electron chi connectivity index (χ3n) is 2.98. The van der Waals surface area contributed by atoms with Crippen molar-refractivity contribution in [3.8, 4) is 0 Å². The fraction of sp³-hybridized carbons (Fsp3) is 0.643. The molecule has 0 aliphatic carbocycles. The Morgan fingerprint density at radius 3 is 2.18 bits per heavy atom. The van der Waals surface area contributed by atoms with E-state index in [2.05, 4.69) is 56.5 Å². The van der Waals surface area contributed by atoms with Crippen LogP contribution < -0.4 is 0 Å². The van der Waals surface area contributed by atoms with Crippen LogP contribution >= 0.6 is 0 Å². The van der Waals surface area contributed by atoms with Gasteiger partial charge in [-0.1, -0.05) is 41.5 Å². The molecule has 0 bridgehead atoms. The molecule has 2 rings (SSSR count). The van der Waals surface area contributed by atoms with Crippen LogP contribution in [0, 0.1) is 5.41 Å². The van der Waals surface area contributed by atoms with Gasteiger partial charge in [-0.05, 0) is 0 Å². The minimum absolute atomic E-state index is 0.0188. The molecule has 0 amide bonds. The Labute approximate surface area is 103 Å². The van der Waals surface area contributed by atoms with E-state index in [0.29, 0.717) is 0 Å². The van der Waals surface area contributed by atoms with Gasteiger partial charge in [0.1, 0.15) is 5.82 Å². The summed E-state index contributed by atoms with van der Waals surface area (Å²) in [6.07, 6.45) is 2.83. The van der Waals surface area contributed by atoms with Crippen LogP contribution in [-0.4, -0.2) is 15.7 Å². The molecule has 0 N–H and O–H groups in total. The molecule has 1 aliphatic heterocycles. The summed E-state index contributed by atoms with van der Waals surface area (Å²) in [6.45, 7) is 12.9. The van der Waals surface area contributed by atoms with Gasteiger partial charge in [0.25, 0.3) is 0 Å². The van der Waals surface area contributed by atoms with E-state index >= 15 is 0 Å². The molecule has 3 nitrogen and oxygen atoms in total. The standard InChI is InChI=1S/C14H21N3/c1-13(2,3)10-7-9-8-15-12(14(4,5)6)17-11(9)16-10/h8H,7H2,1-6H3. The lowest BCUT2D eigenvalue weighted by Crippen LogP contribution is -2.20. The van der Waals surface area contributed by atoms with Gasteiger partial charge in [0.05, 0.1) is 0 Å². The van der Waals surface area contributed by atoms with Crippen LogP contribution in [0.4, 0.5) is 5.82 Å². The minimum atomic E-state index is -0.0188. The Balaban J connectivity index is 2.40. The number of fused-ring (bicyclic) bond motifs is 1. The van der Waals surface area contributed by atoms with Gasteiger partial charge in [-0.15, -0.1) is 0 Å². The topological polar surface area (TPSA) is 38.1 Å². The second-order valence-corrected chi connectivity index (χ2v) is 6.78. The zero-order valence-corrected chi connectivity index (χ0v) is 11.6. The van der Waals surface area contributed by atoms with Crippen LogP contribution in [0.5, 0.6) is 0 Å². The van der Waals surface area contributed by atoms with Gasteiger partial charge < -0.3 is 0 Å². The van der Waals surface area contributed by atoms with Gasteiger partial charge in [0.2, 0.25) is 0 Å². The molecule has 0 unspecified atom stereocenters. The molecule has 1 aliphatic rings. The van der Waals surface area contributed by atoms with Gasteiger partial charge in [-0.3, -0.25) is 0 Å². The summed E-state index contributed by atoms with van der Waals surface area (Å²) in [6, 6.07) is 0. The third-order valence-corrected chi connectivity index (χ3v) is 2.98. The van der Waals surface area contributed by atoms with Crippen molar-refractivity contribution in [3.63, 3.8) is 0 Å². The Morgan fingerprint density at radius 1 is 1.00 bits per heavy atom. The normalized spacial score (nSPS) is 15.8. The van der Waals surface area contributed by atoms with Crippen molar-refractivity contribution in [3.05, 3.63) is 17.6 Å². The van der Waals surface area contributed by atoms with Gasteiger partial charge in [-0.2, -0.15) is 0 Å². The lowest BCUT2D eigenvalue weighted by molar-refractivity contribution is 0.545. The van der Waals surface area contributed by atoms with Crippen molar-refractivity contribution in [2.45, 2.75) is 53.4 Å². The maximum absolute atomic E-state index is 4.66. The highest BCUT2D eigenvalue weighted by Gasteiger charge is 2.27. The molecule has 3 heteroatoms. The quantitative estimate of drug-likeness (QED) is 0.686. The van der Waals surface area contributed by atoms with E-state index in [1.165, 1.54) is 5.71 Å². The van der Waals surface area contributed by atoms with Crippen LogP contribution in [0.3, 0.4) is 0 Å². The first-order valence-electron chi connectivity index (χ1n) is 6.12.